The van der Waals surface area contributed by atoms with Crippen LogP contribution in [0.15, 0.2) is 4.52 Å². The van der Waals surface area contributed by atoms with Gasteiger partial charge in [0.15, 0.2) is 11.9 Å². The van der Waals surface area contributed by atoms with E-state index in [1.54, 1.807) is 0 Å². The monoisotopic (exact) mass is 228 g/mol. The van der Waals surface area contributed by atoms with E-state index in [1.807, 2.05) is 20.8 Å². The van der Waals surface area contributed by atoms with Crippen molar-refractivity contribution >= 4 is 5.97 Å². The fourth-order valence-corrected chi connectivity index (χ4v) is 0.886. The Morgan fingerprint density at radius 2 is 2.19 bits per heavy atom. The third kappa shape index (κ3) is 3.30. The molecule has 0 spiro atoms. The van der Waals surface area contributed by atoms with Gasteiger partial charge in [0.2, 0.25) is 0 Å². The molecule has 1 unspecified atom stereocenters. The molecule has 0 aromatic carbocycles. The average Bonchev–Trinajstić information content (AvgIpc) is 2.61. The number of rotatable bonds is 4. The highest BCUT2D eigenvalue weighted by Crippen LogP contribution is 2.18. The SMILES string of the molecule is CC(OCc1nc(C(C)(C)C)no1)C(=O)O. The molecule has 1 N–H and O–H groups in total. The van der Waals surface area contributed by atoms with E-state index in [9.17, 15) is 4.79 Å². The van der Waals surface area contributed by atoms with Gasteiger partial charge in [-0.3, -0.25) is 0 Å². The van der Waals surface area contributed by atoms with Crippen molar-refractivity contribution in [1.82, 2.24) is 10.1 Å². The lowest BCUT2D eigenvalue weighted by Gasteiger charge is -2.10. The Balaban J connectivity index is 2.57. The molecule has 0 fully saturated rings. The minimum atomic E-state index is -1.02. The summed E-state index contributed by atoms with van der Waals surface area (Å²) in [5, 5.41) is 12.4. The highest BCUT2D eigenvalue weighted by atomic mass is 16.5. The zero-order valence-electron chi connectivity index (χ0n) is 9.85. The zero-order chi connectivity index (χ0) is 12.3. The molecule has 0 radical (unpaired) electrons. The fourth-order valence-electron chi connectivity index (χ4n) is 0.886. The molecular formula is C10H16N2O4. The number of carboxylic acids is 1. The molecule has 1 aromatic rings. The van der Waals surface area contributed by atoms with Gasteiger partial charge in [0.1, 0.15) is 6.61 Å². The Labute approximate surface area is 93.6 Å². The summed E-state index contributed by atoms with van der Waals surface area (Å²) in [6.45, 7) is 7.34. The van der Waals surface area contributed by atoms with E-state index < -0.39 is 12.1 Å². The molecule has 0 aliphatic carbocycles. The molecule has 6 heteroatoms. The average molecular weight is 228 g/mol. The Morgan fingerprint density at radius 1 is 1.56 bits per heavy atom. The van der Waals surface area contributed by atoms with E-state index in [4.69, 9.17) is 14.4 Å². The van der Waals surface area contributed by atoms with Gasteiger partial charge in [-0.25, -0.2) is 4.79 Å². The summed E-state index contributed by atoms with van der Waals surface area (Å²) < 4.78 is 9.96. The summed E-state index contributed by atoms with van der Waals surface area (Å²) in [7, 11) is 0. The number of carboxylic acid groups (broad SMARTS) is 1. The van der Waals surface area contributed by atoms with Crippen LogP contribution >= 0.6 is 0 Å². The van der Waals surface area contributed by atoms with Crippen molar-refractivity contribution in [2.75, 3.05) is 0 Å². The normalized spacial score (nSPS) is 13.8. The molecule has 0 amide bonds. The van der Waals surface area contributed by atoms with Crippen molar-refractivity contribution in [2.45, 2.75) is 45.8 Å². The van der Waals surface area contributed by atoms with E-state index in [0.717, 1.165) is 0 Å². The lowest BCUT2D eigenvalue weighted by atomic mass is 9.96. The highest BCUT2D eigenvalue weighted by Gasteiger charge is 2.21. The fraction of sp³-hybridized carbons (Fsp3) is 0.700. The minimum Gasteiger partial charge on any atom is -0.479 e. The molecule has 90 valence electrons. The summed E-state index contributed by atoms with van der Waals surface area (Å²) in [5.41, 5.74) is -0.194. The minimum absolute atomic E-state index is 0.0105. The summed E-state index contributed by atoms with van der Waals surface area (Å²) in [6.07, 6.45) is -0.884. The standard InChI is InChI=1S/C10H16N2O4/c1-6(8(13)14)15-5-7-11-9(12-16-7)10(2,3)4/h6H,5H2,1-4H3,(H,13,14). The van der Waals surface area contributed by atoms with E-state index in [-0.39, 0.29) is 17.9 Å². The molecule has 0 saturated heterocycles. The quantitative estimate of drug-likeness (QED) is 0.837. The Morgan fingerprint density at radius 3 is 2.62 bits per heavy atom. The smallest absolute Gasteiger partial charge is 0.332 e. The number of hydrogen-bond donors (Lipinski definition) is 1. The number of carbonyl (C=O) groups is 1. The summed E-state index contributed by atoms with van der Waals surface area (Å²) in [6, 6.07) is 0. The molecule has 0 aliphatic heterocycles. The second-order valence-electron chi connectivity index (χ2n) is 4.55. The second kappa shape index (κ2) is 4.61. The number of hydrogen-bond acceptors (Lipinski definition) is 5. The van der Waals surface area contributed by atoms with Crippen LogP contribution in [0.5, 0.6) is 0 Å². The third-order valence-electron chi connectivity index (χ3n) is 1.94. The lowest BCUT2D eigenvalue weighted by Crippen LogP contribution is -2.19. The van der Waals surface area contributed by atoms with Gasteiger partial charge in [-0.05, 0) is 6.92 Å². The molecule has 1 atom stereocenters. The van der Waals surface area contributed by atoms with Crippen molar-refractivity contribution in [2.24, 2.45) is 0 Å². The first kappa shape index (κ1) is 12.6. The number of aliphatic carboxylic acids is 1. The number of aromatic nitrogens is 2. The van der Waals surface area contributed by atoms with Gasteiger partial charge in [-0.2, -0.15) is 4.98 Å². The first-order valence-corrected chi connectivity index (χ1v) is 4.98. The van der Waals surface area contributed by atoms with Crippen molar-refractivity contribution < 1.29 is 19.2 Å². The highest BCUT2D eigenvalue weighted by molar-refractivity contribution is 5.71. The Bertz CT molecular complexity index is 367. The van der Waals surface area contributed by atoms with E-state index in [1.165, 1.54) is 6.92 Å². The maximum absolute atomic E-state index is 10.5. The van der Waals surface area contributed by atoms with Gasteiger partial charge in [0, 0.05) is 5.41 Å². The summed E-state index contributed by atoms with van der Waals surface area (Å²) in [4.78, 5) is 14.6. The van der Waals surface area contributed by atoms with Crippen molar-refractivity contribution in [1.29, 1.82) is 0 Å². The third-order valence-corrected chi connectivity index (χ3v) is 1.94. The summed E-state index contributed by atoms with van der Waals surface area (Å²) >= 11 is 0. The maximum atomic E-state index is 10.5. The first-order chi connectivity index (χ1) is 7.30. The van der Waals surface area contributed by atoms with Gasteiger partial charge in [-0.15, -0.1) is 0 Å². The van der Waals surface area contributed by atoms with Crippen LogP contribution in [-0.2, 0) is 21.6 Å². The van der Waals surface area contributed by atoms with E-state index in [0.29, 0.717) is 5.82 Å². The van der Waals surface area contributed by atoms with Crippen molar-refractivity contribution in [3.05, 3.63) is 11.7 Å². The van der Waals surface area contributed by atoms with Crippen LogP contribution in [0.4, 0.5) is 0 Å². The first-order valence-electron chi connectivity index (χ1n) is 4.98. The van der Waals surface area contributed by atoms with Crippen LogP contribution in [0.25, 0.3) is 0 Å². The van der Waals surface area contributed by atoms with Crippen LogP contribution < -0.4 is 0 Å². The van der Waals surface area contributed by atoms with Gasteiger partial charge < -0.3 is 14.4 Å². The Kier molecular flexibility index (Phi) is 3.64. The predicted molar refractivity (Wildman–Crippen MR) is 54.9 cm³/mol. The molecule has 1 rings (SSSR count). The molecular weight excluding hydrogens is 212 g/mol. The molecule has 1 heterocycles. The molecule has 1 aromatic heterocycles. The molecule has 0 bridgehead atoms. The zero-order valence-corrected chi connectivity index (χ0v) is 9.85. The predicted octanol–water partition coefficient (Wildman–Crippen LogP) is 1.36. The molecule has 6 nitrogen and oxygen atoms in total. The van der Waals surface area contributed by atoms with Crippen LogP contribution in [0.2, 0.25) is 0 Å². The molecule has 0 saturated carbocycles. The molecule has 0 aliphatic rings. The Hall–Kier alpha value is -1.43. The van der Waals surface area contributed by atoms with Crippen molar-refractivity contribution in [3.8, 4) is 0 Å². The van der Waals surface area contributed by atoms with Crippen molar-refractivity contribution in [3.63, 3.8) is 0 Å². The second-order valence-corrected chi connectivity index (χ2v) is 4.55. The maximum Gasteiger partial charge on any atom is 0.332 e. The topological polar surface area (TPSA) is 85.5 Å². The van der Waals surface area contributed by atoms with Gasteiger partial charge in [0.05, 0.1) is 0 Å². The van der Waals surface area contributed by atoms with Gasteiger partial charge >= 0.3 is 5.97 Å². The van der Waals surface area contributed by atoms with E-state index >= 15 is 0 Å². The van der Waals surface area contributed by atoms with Crippen LogP contribution in [0, 0.1) is 0 Å². The summed E-state index contributed by atoms with van der Waals surface area (Å²) in [5.74, 6) is -0.150. The van der Waals surface area contributed by atoms with E-state index in [2.05, 4.69) is 10.1 Å². The van der Waals surface area contributed by atoms with Crippen LogP contribution in [-0.4, -0.2) is 27.3 Å². The molecule has 16 heavy (non-hydrogen) atoms. The van der Waals surface area contributed by atoms with Gasteiger partial charge in [-0.1, -0.05) is 25.9 Å². The van der Waals surface area contributed by atoms with Crippen LogP contribution in [0.3, 0.4) is 0 Å². The lowest BCUT2D eigenvalue weighted by molar-refractivity contribution is -0.150. The number of ether oxygens (including phenoxy) is 1. The number of nitrogens with zero attached hydrogens (tertiary/aromatic N) is 2. The van der Waals surface area contributed by atoms with Gasteiger partial charge in [0.25, 0.3) is 5.89 Å². The largest absolute Gasteiger partial charge is 0.479 e. The van der Waals surface area contributed by atoms with Crippen LogP contribution in [0.1, 0.15) is 39.4 Å².